The first-order valence-electron chi connectivity index (χ1n) is 5.93. The molecule has 0 amide bonds. The third-order valence-corrected chi connectivity index (χ3v) is 2.23. The number of aliphatic hydroxyl groups is 1. The molecule has 1 N–H and O–H groups in total. The SMILES string of the molecule is CC(O)c1cccc(OCCOC(C)(C)C)c1. The van der Waals surface area contributed by atoms with Crippen LogP contribution in [0.2, 0.25) is 0 Å². The highest BCUT2D eigenvalue weighted by atomic mass is 16.5. The van der Waals surface area contributed by atoms with Crippen LogP contribution in [0.15, 0.2) is 24.3 Å². The predicted molar refractivity (Wildman–Crippen MR) is 68.3 cm³/mol. The van der Waals surface area contributed by atoms with Crippen molar-refractivity contribution in [1.82, 2.24) is 0 Å². The average Bonchev–Trinajstić information content (AvgIpc) is 2.23. The van der Waals surface area contributed by atoms with Crippen molar-refractivity contribution in [2.24, 2.45) is 0 Å². The Balaban J connectivity index is 2.39. The Labute approximate surface area is 103 Å². The smallest absolute Gasteiger partial charge is 0.119 e. The summed E-state index contributed by atoms with van der Waals surface area (Å²) in [6.45, 7) is 8.86. The van der Waals surface area contributed by atoms with Crippen molar-refractivity contribution in [3.8, 4) is 5.75 Å². The van der Waals surface area contributed by atoms with Gasteiger partial charge < -0.3 is 14.6 Å². The van der Waals surface area contributed by atoms with Gasteiger partial charge in [-0.1, -0.05) is 12.1 Å². The third kappa shape index (κ3) is 5.71. The summed E-state index contributed by atoms with van der Waals surface area (Å²) in [5.41, 5.74) is 0.726. The summed E-state index contributed by atoms with van der Waals surface area (Å²) in [7, 11) is 0. The van der Waals surface area contributed by atoms with E-state index in [2.05, 4.69) is 0 Å². The molecule has 0 aromatic heterocycles. The van der Waals surface area contributed by atoms with Crippen LogP contribution >= 0.6 is 0 Å². The van der Waals surface area contributed by atoms with Crippen LogP contribution in [0.4, 0.5) is 0 Å². The van der Waals surface area contributed by atoms with E-state index in [9.17, 15) is 5.11 Å². The fourth-order valence-corrected chi connectivity index (χ4v) is 1.37. The minimum atomic E-state index is -0.468. The Kier molecular flexibility index (Phi) is 4.97. The molecule has 17 heavy (non-hydrogen) atoms. The molecular weight excluding hydrogens is 216 g/mol. The minimum absolute atomic E-state index is 0.134. The summed E-state index contributed by atoms with van der Waals surface area (Å²) in [5, 5.41) is 9.45. The molecule has 0 saturated carbocycles. The normalized spacial score (nSPS) is 13.5. The summed E-state index contributed by atoms with van der Waals surface area (Å²) in [4.78, 5) is 0. The van der Waals surface area contributed by atoms with Crippen LogP contribution in [0.1, 0.15) is 39.4 Å². The number of hydrogen-bond acceptors (Lipinski definition) is 3. The minimum Gasteiger partial charge on any atom is -0.491 e. The summed E-state index contributed by atoms with van der Waals surface area (Å²) >= 11 is 0. The van der Waals surface area contributed by atoms with Crippen LogP contribution in [-0.4, -0.2) is 23.9 Å². The summed E-state index contributed by atoms with van der Waals surface area (Å²) in [5.74, 6) is 0.765. The van der Waals surface area contributed by atoms with E-state index in [4.69, 9.17) is 9.47 Å². The molecule has 3 heteroatoms. The van der Waals surface area contributed by atoms with Gasteiger partial charge >= 0.3 is 0 Å². The molecule has 0 bridgehead atoms. The first-order valence-corrected chi connectivity index (χ1v) is 5.93. The van der Waals surface area contributed by atoms with Crippen molar-refractivity contribution in [2.45, 2.75) is 39.4 Å². The molecule has 0 aliphatic heterocycles. The van der Waals surface area contributed by atoms with Crippen LogP contribution < -0.4 is 4.74 Å². The zero-order valence-electron chi connectivity index (χ0n) is 11.1. The maximum atomic E-state index is 9.45. The lowest BCUT2D eigenvalue weighted by atomic mass is 10.1. The lowest BCUT2D eigenvalue weighted by Crippen LogP contribution is -2.22. The van der Waals surface area contributed by atoms with Gasteiger partial charge in [0.2, 0.25) is 0 Å². The molecular formula is C14H22O3. The molecule has 1 atom stereocenters. The Morgan fingerprint density at radius 2 is 1.94 bits per heavy atom. The molecule has 0 spiro atoms. The van der Waals surface area contributed by atoms with E-state index in [1.165, 1.54) is 0 Å². The maximum Gasteiger partial charge on any atom is 0.119 e. The van der Waals surface area contributed by atoms with Crippen LogP contribution in [-0.2, 0) is 4.74 Å². The second-order valence-corrected chi connectivity index (χ2v) is 5.06. The van der Waals surface area contributed by atoms with E-state index >= 15 is 0 Å². The molecule has 1 aromatic rings. The molecule has 3 nitrogen and oxygen atoms in total. The topological polar surface area (TPSA) is 38.7 Å². The summed E-state index contributed by atoms with van der Waals surface area (Å²) < 4.78 is 11.1. The van der Waals surface area contributed by atoms with E-state index in [1.54, 1.807) is 6.92 Å². The highest BCUT2D eigenvalue weighted by Crippen LogP contribution is 2.18. The molecule has 0 aliphatic rings. The third-order valence-electron chi connectivity index (χ3n) is 2.23. The highest BCUT2D eigenvalue weighted by molar-refractivity contribution is 5.29. The molecule has 0 saturated heterocycles. The number of benzene rings is 1. The second-order valence-electron chi connectivity index (χ2n) is 5.06. The number of rotatable bonds is 5. The molecule has 1 rings (SSSR count). The van der Waals surface area contributed by atoms with Gasteiger partial charge in [0.15, 0.2) is 0 Å². The largest absolute Gasteiger partial charge is 0.491 e. The molecule has 0 radical (unpaired) electrons. The summed E-state index contributed by atoms with van der Waals surface area (Å²) in [6, 6.07) is 7.48. The van der Waals surface area contributed by atoms with E-state index in [0.29, 0.717) is 13.2 Å². The Bertz CT molecular complexity index is 340. The van der Waals surface area contributed by atoms with Crippen LogP contribution in [0, 0.1) is 0 Å². The van der Waals surface area contributed by atoms with Gasteiger partial charge in [-0.15, -0.1) is 0 Å². The first kappa shape index (κ1) is 14.0. The van der Waals surface area contributed by atoms with Gasteiger partial charge in [-0.05, 0) is 45.4 Å². The quantitative estimate of drug-likeness (QED) is 0.802. The van der Waals surface area contributed by atoms with E-state index in [-0.39, 0.29) is 5.60 Å². The molecule has 0 aliphatic carbocycles. The average molecular weight is 238 g/mol. The first-order chi connectivity index (χ1) is 7.88. The standard InChI is InChI=1S/C14H22O3/c1-11(15)12-6-5-7-13(10-12)16-8-9-17-14(2,3)4/h5-7,10-11,15H,8-9H2,1-4H3. The van der Waals surface area contributed by atoms with Crippen LogP contribution in [0.25, 0.3) is 0 Å². The zero-order chi connectivity index (χ0) is 12.9. The lowest BCUT2D eigenvalue weighted by Gasteiger charge is -2.19. The molecule has 96 valence electrons. The van der Waals surface area contributed by atoms with Gasteiger partial charge in [0.05, 0.1) is 18.3 Å². The summed E-state index contributed by atoms with van der Waals surface area (Å²) in [6.07, 6.45) is -0.468. The van der Waals surface area contributed by atoms with Crippen molar-refractivity contribution in [2.75, 3.05) is 13.2 Å². The van der Waals surface area contributed by atoms with Gasteiger partial charge in [-0.3, -0.25) is 0 Å². The Morgan fingerprint density at radius 3 is 2.53 bits per heavy atom. The van der Waals surface area contributed by atoms with Gasteiger partial charge in [0.25, 0.3) is 0 Å². The van der Waals surface area contributed by atoms with E-state index < -0.39 is 6.10 Å². The highest BCUT2D eigenvalue weighted by Gasteiger charge is 2.09. The fraction of sp³-hybridized carbons (Fsp3) is 0.571. The fourth-order valence-electron chi connectivity index (χ4n) is 1.37. The molecule has 0 fully saturated rings. The Morgan fingerprint density at radius 1 is 1.24 bits per heavy atom. The maximum absolute atomic E-state index is 9.45. The van der Waals surface area contributed by atoms with Crippen molar-refractivity contribution < 1.29 is 14.6 Å². The molecule has 1 aromatic carbocycles. The van der Waals surface area contributed by atoms with E-state index in [1.807, 2.05) is 45.0 Å². The molecule has 0 heterocycles. The number of aliphatic hydroxyl groups excluding tert-OH is 1. The van der Waals surface area contributed by atoms with Crippen molar-refractivity contribution >= 4 is 0 Å². The van der Waals surface area contributed by atoms with Crippen LogP contribution in [0.5, 0.6) is 5.75 Å². The zero-order valence-corrected chi connectivity index (χ0v) is 11.1. The Hall–Kier alpha value is -1.06. The van der Waals surface area contributed by atoms with Gasteiger partial charge in [-0.25, -0.2) is 0 Å². The van der Waals surface area contributed by atoms with Gasteiger partial charge in [0.1, 0.15) is 12.4 Å². The van der Waals surface area contributed by atoms with Gasteiger partial charge in [-0.2, -0.15) is 0 Å². The molecule has 1 unspecified atom stereocenters. The van der Waals surface area contributed by atoms with Crippen molar-refractivity contribution in [3.63, 3.8) is 0 Å². The van der Waals surface area contributed by atoms with Crippen molar-refractivity contribution in [1.29, 1.82) is 0 Å². The number of hydrogen-bond donors (Lipinski definition) is 1. The van der Waals surface area contributed by atoms with Crippen molar-refractivity contribution in [3.05, 3.63) is 29.8 Å². The van der Waals surface area contributed by atoms with E-state index in [0.717, 1.165) is 11.3 Å². The number of ether oxygens (including phenoxy) is 2. The van der Waals surface area contributed by atoms with Gasteiger partial charge in [0, 0.05) is 0 Å². The predicted octanol–water partition coefficient (Wildman–Crippen LogP) is 2.93. The van der Waals surface area contributed by atoms with Crippen LogP contribution in [0.3, 0.4) is 0 Å². The lowest BCUT2D eigenvalue weighted by molar-refractivity contribution is -0.0163. The second kappa shape index (κ2) is 6.03. The monoisotopic (exact) mass is 238 g/mol.